The summed E-state index contributed by atoms with van der Waals surface area (Å²) in [7, 11) is 0. The molecule has 23 heavy (non-hydrogen) atoms. The van der Waals surface area contributed by atoms with Crippen molar-refractivity contribution >= 4 is 29.5 Å². The van der Waals surface area contributed by atoms with Crippen LogP contribution in [0.3, 0.4) is 0 Å². The van der Waals surface area contributed by atoms with Crippen molar-refractivity contribution in [3.05, 3.63) is 61.5 Å². The maximum atomic E-state index is 8.25. The van der Waals surface area contributed by atoms with E-state index in [0.717, 1.165) is 11.6 Å². The van der Waals surface area contributed by atoms with Gasteiger partial charge in [0.2, 0.25) is 0 Å². The normalized spacial score (nSPS) is 21.0. The fourth-order valence-corrected chi connectivity index (χ4v) is 3.94. The summed E-state index contributed by atoms with van der Waals surface area (Å²) >= 11 is 12.5. The smallest absolute Gasteiger partial charge is 0.193 e. The van der Waals surface area contributed by atoms with Crippen LogP contribution in [0.4, 0.5) is 0 Å². The van der Waals surface area contributed by atoms with Crippen molar-refractivity contribution in [2.24, 2.45) is 4.99 Å². The predicted molar refractivity (Wildman–Crippen MR) is 90.4 cm³/mol. The van der Waals surface area contributed by atoms with E-state index < -0.39 is 5.09 Å². The van der Waals surface area contributed by atoms with Crippen LogP contribution in [0.5, 0.6) is 0 Å². The van der Waals surface area contributed by atoms with Gasteiger partial charge in [-0.25, -0.2) is 4.99 Å². The highest BCUT2D eigenvalue weighted by Gasteiger charge is 2.40. The van der Waals surface area contributed by atoms with E-state index in [9.17, 15) is 0 Å². The number of quaternary nitrogens is 1. The lowest BCUT2D eigenvalue weighted by Crippen LogP contribution is -3.07. The Kier molecular flexibility index (Phi) is 5.98. The quantitative estimate of drug-likeness (QED) is 0.666. The standard InChI is InChI=1S/C15H16Cl2N2.NO3/c16-12-3-4-13(14(17)9-12)15(5-1-2-6-15)10-19-8-7-18-11-19;2-1(3)4/h3-4,7-9,11H,1-2,5-6,10H2;/q;-1/p+1. The maximum absolute atomic E-state index is 8.25. The van der Waals surface area contributed by atoms with Gasteiger partial charge in [-0.3, -0.25) is 4.90 Å². The first-order valence-electron chi connectivity index (χ1n) is 7.26. The highest BCUT2D eigenvalue weighted by molar-refractivity contribution is 6.35. The first-order chi connectivity index (χ1) is 10.9. The molecule has 6 nitrogen and oxygen atoms in total. The van der Waals surface area contributed by atoms with E-state index in [0.29, 0.717) is 5.02 Å². The number of nitrogens with one attached hydrogen (secondary N) is 1. The third-order valence-electron chi connectivity index (χ3n) is 4.22. The molecule has 0 saturated heterocycles. The van der Waals surface area contributed by atoms with E-state index >= 15 is 0 Å². The fourth-order valence-electron chi connectivity index (χ4n) is 3.33. The monoisotopic (exact) mass is 357 g/mol. The van der Waals surface area contributed by atoms with Crippen LogP contribution < -0.4 is 4.90 Å². The summed E-state index contributed by atoms with van der Waals surface area (Å²) in [6.07, 6.45) is 10.9. The van der Waals surface area contributed by atoms with Crippen molar-refractivity contribution in [2.75, 3.05) is 6.54 Å². The second-order valence-corrected chi connectivity index (χ2v) is 6.52. The summed E-state index contributed by atoms with van der Waals surface area (Å²) in [6.45, 7) is 1.02. The zero-order valence-electron chi connectivity index (χ0n) is 12.4. The summed E-state index contributed by atoms with van der Waals surface area (Å²) in [5.74, 6) is 0. The molecule has 1 aromatic carbocycles. The number of hydrogen-bond donors (Lipinski definition) is 1. The second kappa shape index (κ2) is 7.77. The molecule has 2 aliphatic rings. The highest BCUT2D eigenvalue weighted by atomic mass is 35.5. The van der Waals surface area contributed by atoms with Gasteiger partial charge in [-0.05, 0) is 30.5 Å². The molecule has 1 aromatic rings. The Bertz CT molecular complexity index is 612. The van der Waals surface area contributed by atoms with Crippen LogP contribution in [0.2, 0.25) is 10.0 Å². The van der Waals surface area contributed by atoms with Crippen molar-refractivity contribution in [2.45, 2.75) is 31.1 Å². The molecule has 1 atom stereocenters. The maximum Gasteiger partial charge on any atom is 0.193 e. The van der Waals surface area contributed by atoms with Crippen LogP contribution in [-0.4, -0.2) is 18.0 Å². The average Bonchev–Trinajstić information content (AvgIpc) is 3.11. The molecular formula is C15H17Cl2N3O3. The van der Waals surface area contributed by atoms with Gasteiger partial charge in [0.25, 0.3) is 0 Å². The lowest BCUT2D eigenvalue weighted by atomic mass is 9.78. The molecule has 1 fully saturated rings. The van der Waals surface area contributed by atoms with Gasteiger partial charge in [-0.1, -0.05) is 42.1 Å². The number of hydrogen-bond acceptors (Lipinski definition) is 4. The molecule has 0 amide bonds. The Hall–Kier alpha value is -1.63. The highest BCUT2D eigenvalue weighted by Crippen LogP contribution is 2.43. The zero-order valence-corrected chi connectivity index (χ0v) is 13.9. The van der Waals surface area contributed by atoms with Crippen LogP contribution in [0.15, 0.2) is 35.6 Å². The summed E-state index contributed by atoms with van der Waals surface area (Å²) in [5, 5.41) is 16.3. The lowest BCUT2D eigenvalue weighted by molar-refractivity contribution is -0.742. The first-order valence-corrected chi connectivity index (χ1v) is 8.01. The molecule has 1 N–H and O–H groups in total. The second-order valence-electron chi connectivity index (χ2n) is 5.68. The van der Waals surface area contributed by atoms with Gasteiger partial charge in [0.15, 0.2) is 6.34 Å². The van der Waals surface area contributed by atoms with Crippen LogP contribution in [0.25, 0.3) is 0 Å². The van der Waals surface area contributed by atoms with E-state index in [4.69, 9.17) is 38.5 Å². The van der Waals surface area contributed by atoms with Crippen LogP contribution >= 0.6 is 23.2 Å². The molecule has 8 heteroatoms. The lowest BCUT2D eigenvalue weighted by Gasteiger charge is -2.30. The summed E-state index contributed by atoms with van der Waals surface area (Å²) < 4.78 is 0. The van der Waals surface area contributed by atoms with E-state index in [-0.39, 0.29) is 5.41 Å². The Labute approximate surface area is 144 Å². The number of nitrogens with zero attached hydrogens (tertiary/aromatic N) is 2. The van der Waals surface area contributed by atoms with Crippen molar-refractivity contribution in [1.82, 2.24) is 0 Å². The molecule has 1 heterocycles. The molecule has 0 aromatic heterocycles. The fraction of sp³-hybridized carbons (Fsp3) is 0.400. The molecule has 0 radical (unpaired) electrons. The molecule has 1 aliphatic carbocycles. The molecule has 3 rings (SSSR count). The average molecular weight is 358 g/mol. The van der Waals surface area contributed by atoms with Crippen LogP contribution in [0, 0.1) is 15.3 Å². The topological polar surface area (TPSA) is 83.0 Å². The molecule has 0 bridgehead atoms. The van der Waals surface area contributed by atoms with E-state index in [2.05, 4.69) is 17.3 Å². The zero-order chi connectivity index (χ0) is 16.9. The molecule has 0 spiro atoms. The Morgan fingerprint density at radius 1 is 1.26 bits per heavy atom. The van der Waals surface area contributed by atoms with Gasteiger partial charge in [0.1, 0.15) is 6.20 Å². The number of rotatable bonds is 3. The van der Waals surface area contributed by atoms with Gasteiger partial charge >= 0.3 is 0 Å². The minimum absolute atomic E-state index is 0.164. The number of halogens is 2. The van der Waals surface area contributed by atoms with Gasteiger partial charge in [-0.15, -0.1) is 0 Å². The van der Waals surface area contributed by atoms with E-state index in [1.54, 1.807) is 0 Å². The minimum atomic E-state index is -1.75. The van der Waals surface area contributed by atoms with Crippen molar-refractivity contribution in [3.63, 3.8) is 0 Å². The summed E-state index contributed by atoms with van der Waals surface area (Å²) in [4.78, 5) is 13.7. The summed E-state index contributed by atoms with van der Waals surface area (Å²) in [6, 6.07) is 5.92. The largest absolute Gasteiger partial charge is 0.356 e. The first kappa shape index (κ1) is 17.7. The van der Waals surface area contributed by atoms with Crippen LogP contribution in [0.1, 0.15) is 31.2 Å². The van der Waals surface area contributed by atoms with Crippen LogP contribution in [-0.2, 0) is 5.41 Å². The van der Waals surface area contributed by atoms with E-state index in [1.807, 2.05) is 24.7 Å². The Balaban J connectivity index is 0.000000433. The molecule has 124 valence electrons. The van der Waals surface area contributed by atoms with Gasteiger partial charge < -0.3 is 15.3 Å². The third kappa shape index (κ3) is 4.67. The Morgan fingerprint density at radius 3 is 2.43 bits per heavy atom. The van der Waals surface area contributed by atoms with Gasteiger partial charge in [0, 0.05) is 15.5 Å². The SMILES string of the molecule is Clc1ccc(C2(C[NH+]3C=CN=C3)CCCC2)c(Cl)c1.O=[N+]([O-])[O-]. The van der Waals surface area contributed by atoms with Crippen molar-refractivity contribution in [3.8, 4) is 0 Å². The van der Waals surface area contributed by atoms with Crippen molar-refractivity contribution < 1.29 is 9.99 Å². The molecular weight excluding hydrogens is 341 g/mol. The molecule has 1 aliphatic heterocycles. The summed E-state index contributed by atoms with van der Waals surface area (Å²) in [5.41, 5.74) is 1.41. The van der Waals surface area contributed by atoms with E-state index in [1.165, 1.54) is 36.1 Å². The number of benzene rings is 1. The number of aliphatic imine (C=N–C) groups is 1. The predicted octanol–water partition coefficient (Wildman–Crippen LogP) is 2.96. The van der Waals surface area contributed by atoms with Crippen molar-refractivity contribution in [1.29, 1.82) is 0 Å². The molecule has 1 saturated carbocycles. The third-order valence-corrected chi connectivity index (χ3v) is 4.77. The molecule has 1 unspecified atom stereocenters. The van der Waals surface area contributed by atoms with Gasteiger partial charge in [0.05, 0.1) is 17.8 Å². The Morgan fingerprint density at radius 2 is 1.91 bits per heavy atom. The van der Waals surface area contributed by atoms with Gasteiger partial charge in [-0.2, -0.15) is 0 Å². The minimum Gasteiger partial charge on any atom is -0.356 e.